The molecule has 1 unspecified atom stereocenters. The first-order valence-electron chi connectivity index (χ1n) is 6.62. The van der Waals surface area contributed by atoms with Crippen molar-refractivity contribution in [3.8, 4) is 0 Å². The number of hydrogen-bond acceptors (Lipinski definition) is 4. The quantitative estimate of drug-likeness (QED) is 0.829. The van der Waals surface area contributed by atoms with Crippen LogP contribution in [0.2, 0.25) is 0 Å². The number of esters is 1. The zero-order valence-electron chi connectivity index (χ0n) is 11.7. The predicted octanol–water partition coefficient (Wildman–Crippen LogP) is 3.36. The van der Waals surface area contributed by atoms with Gasteiger partial charge in [-0.25, -0.2) is 0 Å². The Hall–Kier alpha value is -1.65. The molecule has 0 saturated heterocycles. The molecule has 0 radical (unpaired) electrons. The zero-order valence-corrected chi connectivity index (χ0v) is 12.5. The van der Waals surface area contributed by atoms with Crippen molar-refractivity contribution in [1.82, 2.24) is 5.32 Å². The van der Waals surface area contributed by atoms with Gasteiger partial charge < -0.3 is 10.1 Å². The third-order valence-corrected chi connectivity index (χ3v) is 4.34. The van der Waals surface area contributed by atoms with Crippen LogP contribution in [0.3, 0.4) is 0 Å². The number of carbonyl (C=O) groups excluding carboxylic acids is 1. The van der Waals surface area contributed by atoms with Gasteiger partial charge in [-0.1, -0.05) is 36.4 Å². The van der Waals surface area contributed by atoms with Crippen molar-refractivity contribution in [2.24, 2.45) is 0 Å². The van der Waals surface area contributed by atoms with E-state index >= 15 is 0 Å². The highest BCUT2D eigenvalue weighted by molar-refractivity contribution is 7.10. The Morgan fingerprint density at radius 2 is 2.00 bits per heavy atom. The van der Waals surface area contributed by atoms with Gasteiger partial charge in [0.15, 0.2) is 0 Å². The summed E-state index contributed by atoms with van der Waals surface area (Å²) in [7, 11) is 1.43. The molecular formula is C16H19NO2S. The molecule has 0 fully saturated rings. The van der Waals surface area contributed by atoms with Crippen molar-refractivity contribution in [1.29, 1.82) is 0 Å². The molecule has 106 valence electrons. The number of benzene rings is 1. The monoisotopic (exact) mass is 289 g/mol. The number of hydrogen-bond donors (Lipinski definition) is 1. The second-order valence-corrected chi connectivity index (χ2v) is 5.61. The number of carbonyl (C=O) groups is 1. The van der Waals surface area contributed by atoms with Crippen molar-refractivity contribution < 1.29 is 9.53 Å². The van der Waals surface area contributed by atoms with Gasteiger partial charge in [0.1, 0.15) is 0 Å². The molecule has 0 aliphatic rings. The molecule has 0 amide bonds. The minimum absolute atomic E-state index is 0.206. The Morgan fingerprint density at radius 1 is 1.25 bits per heavy atom. The third kappa shape index (κ3) is 3.68. The number of thiophene rings is 1. The Balaban J connectivity index is 2.04. The molecule has 2 rings (SSSR count). The Morgan fingerprint density at radius 3 is 2.60 bits per heavy atom. The predicted molar refractivity (Wildman–Crippen MR) is 81.9 cm³/mol. The maximum absolute atomic E-state index is 12.0. The summed E-state index contributed by atoms with van der Waals surface area (Å²) in [5.41, 5.74) is 0.977. The van der Waals surface area contributed by atoms with Crippen LogP contribution in [0.1, 0.15) is 29.3 Å². The van der Waals surface area contributed by atoms with Crippen molar-refractivity contribution in [2.75, 3.05) is 13.7 Å². The van der Waals surface area contributed by atoms with Gasteiger partial charge in [-0.15, -0.1) is 11.3 Å². The largest absolute Gasteiger partial charge is 0.469 e. The maximum Gasteiger partial charge on any atom is 0.314 e. The Bertz CT molecular complexity index is 525. The van der Waals surface area contributed by atoms with Gasteiger partial charge in [0.05, 0.1) is 13.0 Å². The van der Waals surface area contributed by atoms with Crippen LogP contribution in [-0.2, 0) is 9.53 Å². The highest BCUT2D eigenvalue weighted by Crippen LogP contribution is 2.21. The first kappa shape index (κ1) is 14.8. The van der Waals surface area contributed by atoms with Crippen LogP contribution in [0.25, 0.3) is 0 Å². The first-order valence-corrected chi connectivity index (χ1v) is 7.50. The fourth-order valence-electron chi connectivity index (χ4n) is 2.10. The SMILES string of the molecule is COC(=O)C(CN[C@@H](C)c1cccs1)c1ccccc1. The molecule has 20 heavy (non-hydrogen) atoms. The van der Waals surface area contributed by atoms with Crippen molar-refractivity contribution >= 4 is 17.3 Å². The lowest BCUT2D eigenvalue weighted by molar-refractivity contribution is -0.142. The molecular weight excluding hydrogens is 270 g/mol. The van der Waals surface area contributed by atoms with Crippen LogP contribution >= 0.6 is 11.3 Å². The summed E-state index contributed by atoms with van der Waals surface area (Å²) in [5, 5.41) is 5.47. The molecule has 1 aromatic heterocycles. The van der Waals surface area contributed by atoms with E-state index in [0.717, 1.165) is 5.56 Å². The van der Waals surface area contributed by atoms with Crippen LogP contribution in [0, 0.1) is 0 Å². The van der Waals surface area contributed by atoms with Crippen molar-refractivity contribution in [3.63, 3.8) is 0 Å². The Labute approximate surface area is 123 Å². The fourth-order valence-corrected chi connectivity index (χ4v) is 2.86. The second kappa shape index (κ2) is 7.22. The summed E-state index contributed by atoms with van der Waals surface area (Å²) >= 11 is 1.71. The maximum atomic E-state index is 12.0. The molecule has 0 bridgehead atoms. The molecule has 1 N–H and O–H groups in total. The lowest BCUT2D eigenvalue weighted by Gasteiger charge is -2.19. The van der Waals surface area contributed by atoms with E-state index in [1.165, 1.54) is 12.0 Å². The highest BCUT2D eigenvalue weighted by atomic mass is 32.1. The highest BCUT2D eigenvalue weighted by Gasteiger charge is 2.22. The van der Waals surface area contributed by atoms with E-state index in [1.54, 1.807) is 11.3 Å². The lowest BCUT2D eigenvalue weighted by atomic mass is 9.99. The van der Waals surface area contributed by atoms with E-state index in [2.05, 4.69) is 23.7 Å². The van der Waals surface area contributed by atoms with Crippen LogP contribution in [0.4, 0.5) is 0 Å². The Kier molecular flexibility index (Phi) is 5.32. The second-order valence-electron chi connectivity index (χ2n) is 4.63. The van der Waals surface area contributed by atoms with E-state index in [1.807, 2.05) is 36.4 Å². The fraction of sp³-hybridized carbons (Fsp3) is 0.312. The molecule has 0 aliphatic heterocycles. The first-order chi connectivity index (χ1) is 9.72. The number of rotatable bonds is 6. The van der Waals surface area contributed by atoms with Crippen molar-refractivity contribution in [2.45, 2.75) is 18.9 Å². The molecule has 3 nitrogen and oxygen atoms in total. The summed E-state index contributed by atoms with van der Waals surface area (Å²) in [5.74, 6) is -0.481. The van der Waals surface area contributed by atoms with E-state index in [9.17, 15) is 4.79 Å². The molecule has 4 heteroatoms. The van der Waals surface area contributed by atoms with Crippen LogP contribution in [-0.4, -0.2) is 19.6 Å². The van der Waals surface area contributed by atoms with Gasteiger partial charge in [0.2, 0.25) is 0 Å². The summed E-state index contributed by atoms with van der Waals surface area (Å²) in [6, 6.07) is 14.1. The van der Waals surface area contributed by atoms with Crippen molar-refractivity contribution in [3.05, 3.63) is 58.3 Å². The molecule has 1 heterocycles. The minimum Gasteiger partial charge on any atom is -0.469 e. The topological polar surface area (TPSA) is 38.3 Å². The lowest BCUT2D eigenvalue weighted by Crippen LogP contribution is -2.29. The smallest absolute Gasteiger partial charge is 0.314 e. The summed E-state index contributed by atoms with van der Waals surface area (Å²) in [6.07, 6.45) is 0. The van der Waals surface area contributed by atoms with E-state index < -0.39 is 0 Å². The van der Waals surface area contributed by atoms with Crippen LogP contribution in [0.15, 0.2) is 47.8 Å². The van der Waals surface area contributed by atoms with Gasteiger partial charge >= 0.3 is 5.97 Å². The molecule has 2 atom stereocenters. The van der Waals surface area contributed by atoms with Gasteiger partial charge in [0, 0.05) is 17.5 Å². The minimum atomic E-state index is -0.274. The molecule has 0 spiro atoms. The normalized spacial score (nSPS) is 13.7. The average Bonchev–Trinajstić information content (AvgIpc) is 3.02. The standard InChI is InChI=1S/C16H19NO2S/c1-12(15-9-6-10-20-15)17-11-14(16(18)19-2)13-7-4-3-5-8-13/h3-10,12,14,17H,11H2,1-2H3/t12-,14?/m0/s1. The number of nitrogens with one attached hydrogen (secondary N) is 1. The van der Waals surface area contributed by atoms with Crippen LogP contribution < -0.4 is 5.32 Å². The summed E-state index contributed by atoms with van der Waals surface area (Å²) in [6.45, 7) is 2.67. The van der Waals surface area contributed by atoms with Gasteiger partial charge in [-0.2, -0.15) is 0 Å². The van der Waals surface area contributed by atoms with Crippen LogP contribution in [0.5, 0.6) is 0 Å². The molecule has 0 aliphatic carbocycles. The van der Waals surface area contributed by atoms with E-state index in [0.29, 0.717) is 6.54 Å². The summed E-state index contributed by atoms with van der Waals surface area (Å²) in [4.78, 5) is 13.2. The van der Waals surface area contributed by atoms with E-state index in [4.69, 9.17) is 4.74 Å². The number of ether oxygens (including phenoxy) is 1. The third-order valence-electron chi connectivity index (χ3n) is 3.29. The van der Waals surface area contributed by atoms with Gasteiger partial charge in [0.25, 0.3) is 0 Å². The molecule has 2 aromatic rings. The molecule has 0 saturated carbocycles. The number of methoxy groups -OCH3 is 1. The van der Waals surface area contributed by atoms with E-state index in [-0.39, 0.29) is 17.9 Å². The van der Waals surface area contributed by atoms with Gasteiger partial charge in [-0.3, -0.25) is 4.79 Å². The zero-order chi connectivity index (χ0) is 14.4. The average molecular weight is 289 g/mol. The molecule has 1 aromatic carbocycles. The summed E-state index contributed by atoms with van der Waals surface area (Å²) < 4.78 is 4.91. The van der Waals surface area contributed by atoms with Gasteiger partial charge in [-0.05, 0) is 23.9 Å².